The average molecular weight is 210 g/mol. The van der Waals surface area contributed by atoms with Crippen LogP contribution >= 0.6 is 0 Å². The van der Waals surface area contributed by atoms with Crippen molar-refractivity contribution < 1.29 is 19.4 Å². The van der Waals surface area contributed by atoms with E-state index in [0.717, 1.165) is 0 Å². The van der Waals surface area contributed by atoms with Crippen LogP contribution in [-0.4, -0.2) is 35.5 Å². The van der Waals surface area contributed by atoms with E-state index in [1.807, 2.05) is 13.0 Å². The third kappa shape index (κ3) is 1.70. The van der Waals surface area contributed by atoms with Gasteiger partial charge >= 0.3 is 5.97 Å². The number of ether oxygens (including phenoxy) is 2. The Bertz CT molecular complexity index is 331. The van der Waals surface area contributed by atoms with E-state index in [0.29, 0.717) is 5.57 Å². The molecule has 0 amide bonds. The number of cyclic esters (lactones) is 1. The number of carbonyl (C=O) groups is 1. The smallest absolute Gasteiger partial charge is 0.336 e. The summed E-state index contributed by atoms with van der Waals surface area (Å²) >= 11 is 0. The van der Waals surface area contributed by atoms with Gasteiger partial charge in [-0.2, -0.15) is 0 Å². The van der Waals surface area contributed by atoms with E-state index in [1.54, 1.807) is 13.0 Å². The van der Waals surface area contributed by atoms with E-state index >= 15 is 0 Å². The van der Waals surface area contributed by atoms with Crippen LogP contribution in [0.4, 0.5) is 0 Å². The zero-order valence-corrected chi connectivity index (χ0v) is 8.71. The summed E-state index contributed by atoms with van der Waals surface area (Å²) in [4.78, 5) is 11.3. The van der Waals surface area contributed by atoms with E-state index < -0.39 is 6.10 Å². The highest BCUT2D eigenvalue weighted by Gasteiger charge is 2.43. The Morgan fingerprint density at radius 3 is 2.93 bits per heavy atom. The highest BCUT2D eigenvalue weighted by Crippen LogP contribution is 2.30. The predicted octanol–water partition coefficient (Wildman–Crippen LogP) is 0.562. The minimum Gasteiger partial charge on any atom is -0.456 e. The number of esters is 1. The molecule has 0 radical (unpaired) electrons. The molecule has 0 spiro atoms. The van der Waals surface area contributed by atoms with Crippen molar-refractivity contribution in [1.29, 1.82) is 0 Å². The van der Waals surface area contributed by atoms with Crippen LogP contribution in [0.3, 0.4) is 0 Å². The number of hydrogen-bond acceptors (Lipinski definition) is 4. The maximum absolute atomic E-state index is 11.3. The molecule has 0 aromatic heterocycles. The Morgan fingerprint density at radius 1 is 1.53 bits per heavy atom. The third-order valence-corrected chi connectivity index (χ3v) is 2.63. The lowest BCUT2D eigenvalue weighted by Gasteiger charge is -2.28. The number of carbonyl (C=O) groups excluding carboxylic acids is 1. The molecule has 1 saturated heterocycles. The zero-order chi connectivity index (χ0) is 11.0. The van der Waals surface area contributed by atoms with Gasteiger partial charge in [0.1, 0.15) is 24.4 Å². The molecule has 4 atom stereocenters. The molecular formula is C11H14O4. The van der Waals surface area contributed by atoms with Gasteiger partial charge < -0.3 is 14.6 Å². The Kier molecular flexibility index (Phi) is 2.63. The van der Waals surface area contributed by atoms with Crippen LogP contribution < -0.4 is 0 Å². The van der Waals surface area contributed by atoms with Crippen molar-refractivity contribution in [3.05, 3.63) is 23.8 Å². The lowest BCUT2D eigenvalue weighted by Crippen LogP contribution is -2.38. The fraction of sp³-hybridized carbons (Fsp3) is 0.545. The monoisotopic (exact) mass is 210 g/mol. The molecule has 0 aromatic rings. The highest BCUT2D eigenvalue weighted by atomic mass is 16.6. The molecule has 0 aromatic carbocycles. The number of allylic oxidation sites excluding steroid dienone is 1. The lowest BCUT2D eigenvalue weighted by atomic mass is 10.00. The van der Waals surface area contributed by atoms with E-state index in [2.05, 4.69) is 0 Å². The summed E-state index contributed by atoms with van der Waals surface area (Å²) in [6.45, 7) is 3.64. The maximum atomic E-state index is 11.3. The van der Waals surface area contributed by atoms with Crippen LogP contribution in [0.1, 0.15) is 13.8 Å². The van der Waals surface area contributed by atoms with Gasteiger partial charge in [0.15, 0.2) is 0 Å². The van der Waals surface area contributed by atoms with Gasteiger partial charge in [0.2, 0.25) is 0 Å². The topological polar surface area (TPSA) is 55.8 Å². The molecule has 0 unspecified atom stereocenters. The van der Waals surface area contributed by atoms with Crippen molar-refractivity contribution in [1.82, 2.24) is 0 Å². The fourth-order valence-corrected chi connectivity index (χ4v) is 1.89. The number of rotatable bonds is 1. The molecule has 0 saturated carbocycles. The Morgan fingerprint density at radius 2 is 2.27 bits per heavy atom. The largest absolute Gasteiger partial charge is 0.456 e. The summed E-state index contributed by atoms with van der Waals surface area (Å²) in [5.74, 6) is -0.384. The number of aliphatic hydroxyl groups is 1. The SMILES string of the molecule is C/C=C/[C@H]1O[C@@H]2C(=C[C@H]1O)C(=O)O[C@H]2C. The first-order chi connectivity index (χ1) is 7.13. The molecule has 2 aliphatic heterocycles. The lowest BCUT2D eigenvalue weighted by molar-refractivity contribution is -0.139. The molecule has 2 rings (SSSR count). The third-order valence-electron chi connectivity index (χ3n) is 2.63. The molecule has 82 valence electrons. The normalized spacial score (nSPS) is 40.2. The number of aliphatic hydroxyl groups excluding tert-OH is 1. The second-order valence-corrected chi connectivity index (χ2v) is 3.77. The molecule has 4 nitrogen and oxygen atoms in total. The molecule has 2 aliphatic rings. The van der Waals surface area contributed by atoms with Gasteiger partial charge in [-0.15, -0.1) is 0 Å². The van der Waals surface area contributed by atoms with Crippen molar-refractivity contribution in [3.63, 3.8) is 0 Å². The fourth-order valence-electron chi connectivity index (χ4n) is 1.89. The van der Waals surface area contributed by atoms with Crippen molar-refractivity contribution in [2.45, 2.75) is 38.3 Å². The molecule has 4 heteroatoms. The Hall–Kier alpha value is -1.13. The van der Waals surface area contributed by atoms with Gasteiger partial charge in [0, 0.05) is 0 Å². The van der Waals surface area contributed by atoms with Crippen molar-refractivity contribution in [2.75, 3.05) is 0 Å². The molecule has 15 heavy (non-hydrogen) atoms. The van der Waals surface area contributed by atoms with E-state index in [-0.39, 0.29) is 24.3 Å². The van der Waals surface area contributed by atoms with Gasteiger partial charge in [-0.3, -0.25) is 0 Å². The van der Waals surface area contributed by atoms with Crippen LogP contribution in [0.15, 0.2) is 23.8 Å². The first-order valence-corrected chi connectivity index (χ1v) is 5.02. The van der Waals surface area contributed by atoms with Crippen LogP contribution in [0.5, 0.6) is 0 Å². The standard InChI is InChI=1S/C11H14O4/c1-3-4-9-8(12)5-7-10(15-9)6(2)14-11(7)13/h3-6,8-10,12H,1-2H3/b4-3+/t6-,8+,9+,10-/m0/s1. The molecule has 1 N–H and O–H groups in total. The first-order valence-electron chi connectivity index (χ1n) is 5.02. The Labute approximate surface area is 88.2 Å². The summed E-state index contributed by atoms with van der Waals surface area (Å²) < 4.78 is 10.6. The van der Waals surface area contributed by atoms with Gasteiger partial charge in [0.25, 0.3) is 0 Å². The van der Waals surface area contributed by atoms with Gasteiger partial charge in [-0.25, -0.2) is 4.79 Å². The van der Waals surface area contributed by atoms with Crippen LogP contribution in [0.25, 0.3) is 0 Å². The predicted molar refractivity (Wildman–Crippen MR) is 53.1 cm³/mol. The zero-order valence-electron chi connectivity index (χ0n) is 8.71. The first kappa shape index (κ1) is 10.4. The van der Waals surface area contributed by atoms with Crippen LogP contribution in [0, 0.1) is 0 Å². The second-order valence-electron chi connectivity index (χ2n) is 3.77. The minimum atomic E-state index is -0.773. The average Bonchev–Trinajstić information content (AvgIpc) is 2.44. The van der Waals surface area contributed by atoms with Gasteiger partial charge in [-0.05, 0) is 19.9 Å². The molecule has 0 aliphatic carbocycles. The minimum absolute atomic E-state index is 0.274. The molecular weight excluding hydrogens is 196 g/mol. The summed E-state index contributed by atoms with van der Waals surface area (Å²) in [5, 5.41) is 9.69. The summed E-state index contributed by atoms with van der Waals surface area (Å²) in [5.41, 5.74) is 0.441. The second kappa shape index (κ2) is 3.79. The van der Waals surface area contributed by atoms with Gasteiger partial charge in [0.05, 0.1) is 5.57 Å². The highest BCUT2D eigenvalue weighted by molar-refractivity contribution is 5.92. The van der Waals surface area contributed by atoms with Crippen molar-refractivity contribution in [3.8, 4) is 0 Å². The van der Waals surface area contributed by atoms with Crippen molar-refractivity contribution >= 4 is 5.97 Å². The van der Waals surface area contributed by atoms with Crippen LogP contribution in [-0.2, 0) is 14.3 Å². The summed E-state index contributed by atoms with van der Waals surface area (Å²) in [7, 11) is 0. The number of fused-ring (bicyclic) bond motifs is 1. The van der Waals surface area contributed by atoms with Crippen LogP contribution in [0.2, 0.25) is 0 Å². The number of hydrogen-bond donors (Lipinski definition) is 1. The molecule has 2 heterocycles. The summed E-state index contributed by atoms with van der Waals surface area (Å²) in [6, 6.07) is 0. The maximum Gasteiger partial charge on any atom is 0.336 e. The van der Waals surface area contributed by atoms with E-state index in [4.69, 9.17) is 9.47 Å². The quantitative estimate of drug-likeness (QED) is 0.507. The van der Waals surface area contributed by atoms with E-state index in [9.17, 15) is 9.90 Å². The van der Waals surface area contributed by atoms with Gasteiger partial charge in [-0.1, -0.05) is 12.2 Å². The van der Waals surface area contributed by atoms with E-state index in [1.165, 1.54) is 6.08 Å². The molecule has 1 fully saturated rings. The van der Waals surface area contributed by atoms with Crippen molar-refractivity contribution in [2.24, 2.45) is 0 Å². The summed E-state index contributed by atoms with van der Waals surface area (Å²) in [6.07, 6.45) is 3.34. The molecule has 0 bridgehead atoms. The Balaban J connectivity index is 2.26.